The largest absolute Gasteiger partial charge is 0.573 e. The first-order chi connectivity index (χ1) is 60.5. The first-order valence-corrected chi connectivity index (χ1v) is 40.1. The van der Waals surface area contributed by atoms with Crippen molar-refractivity contribution in [1.82, 2.24) is 53.4 Å². The van der Waals surface area contributed by atoms with Crippen LogP contribution in [0.2, 0.25) is 10.0 Å². The molecular formula is C83H88Cl2F3N13O27. The van der Waals surface area contributed by atoms with Crippen LogP contribution < -0.4 is 89.1 Å². The highest BCUT2D eigenvalue weighted by Crippen LogP contribution is 2.50. The molecule has 45 heteroatoms. The van der Waals surface area contributed by atoms with E-state index in [0.29, 0.717) is 11.6 Å². The number of ether oxygens (including phenoxy) is 7. The number of halogens is 5. The molecule has 7 aromatic rings. The first kappa shape index (κ1) is 94.4. The van der Waals surface area contributed by atoms with Gasteiger partial charge in [-0.15, -0.1) is 13.2 Å². The smallest absolute Gasteiger partial charge is 0.508 e. The van der Waals surface area contributed by atoms with Crippen molar-refractivity contribution in [3.63, 3.8) is 0 Å². The molecular weight excluding hydrogens is 1740 g/mol. The third-order valence-corrected chi connectivity index (χ3v) is 22.1. The standard InChI is InChI=1S/C83H88Cl2F3N13O27/c1-32(2)19-47(91-5)73(114)98-62-64(107)37-12-17-51(45(84)22-37)123-53-24-39-25-54(68(53)127-81-69(67(110)66(109)55(31-102)125-81)126-57-29-82(4,70(111)33(3)122-57)92-30-34-7-6-8-40(20-34)93-72(113)35-9-14-42(15-10-35)128-83(86,87)88)124-52-18-13-38(23-46(52)85)65(108)63-78(119)97-61(79(120)100-101-80(121)71(90)112)44-26-41(103)27-50(105)58(44)43-21-36(11-16-49(43)104)59(75(116)99-63)96-76(117)60(39)95-74(115)48(28-56(89)106)94-77(62)118/h6-18,20-27,32-33,47-48,55,57,59-67,69-70,81,91-92,102-105,107-111H,19,28-31H2,1-5H3,(H2,89,106)(H2,90,112)(H,93,113)(H,94,118)(H,95,115)(H,96,117)(H,97,119)(H,98,114)(H,99,116)(H,100,120)(H,101,121)/t33-,47+,48-,55+,57-,59+,60+,61+,62+,63-,64+,65+,66+,67-,69+,70+,81?,82+/m0/s1. The minimum Gasteiger partial charge on any atom is -0.508 e. The molecule has 0 spiro atoms. The summed E-state index contributed by atoms with van der Waals surface area (Å²) in [5.74, 6) is -21.3. The Morgan fingerprint density at radius 2 is 1.31 bits per heavy atom. The number of benzene rings is 7. The predicted molar refractivity (Wildman–Crippen MR) is 437 cm³/mol. The lowest BCUT2D eigenvalue weighted by Gasteiger charge is -2.48. The van der Waals surface area contributed by atoms with Crippen LogP contribution >= 0.6 is 23.2 Å². The zero-order chi connectivity index (χ0) is 93.0. The maximum absolute atomic E-state index is 16.3. The van der Waals surface area contributed by atoms with Gasteiger partial charge in [0.2, 0.25) is 53.4 Å². The molecule has 11 amide bonds. The fourth-order valence-electron chi connectivity index (χ4n) is 15.0. The number of fused-ring (bicyclic) bond motifs is 15. The maximum Gasteiger partial charge on any atom is 0.573 e. The number of aromatic hydroxyl groups is 3. The SMILES string of the molecule is CN[C@H](CC(C)C)C(=O)N[C@H]1C(=O)N[C@@H](CC(N)=O)C(=O)N[C@H]2C(=O)N[C@H]3C(=O)N[C@H](C(=O)N[C@@H](C(=O)NNC(=O)C(N)=O)c4cc(O)cc(O)c4-c4cc3ccc4O)[C@H](O)c3ccc(c(Cl)c3)Oc3cc2cc(c3OC2O[C@H](CO)[C@@H](O)[C@H](O)[C@H]2O[C@H]2C[C@@](C)(NCc3cccc(NC(=O)c4ccc(OC(F)(F)F)cc4)c3)[C@H](O)[C@H](C)O2)Oc2ccc(cc2Cl)[C@H]1O. The number of carbonyl (C=O) groups excluding carboxylic acids is 11. The number of hydrogen-bond acceptors (Lipinski definition) is 29. The third-order valence-electron chi connectivity index (χ3n) is 21.5. The van der Waals surface area contributed by atoms with Crippen LogP contribution in [0.25, 0.3) is 11.1 Å². The molecule has 0 aromatic heterocycles. The van der Waals surface area contributed by atoms with Crippen molar-refractivity contribution in [1.29, 1.82) is 0 Å². The number of alkyl halides is 3. The summed E-state index contributed by atoms with van der Waals surface area (Å²) < 4.78 is 81.9. The zero-order valence-corrected chi connectivity index (χ0v) is 69.5. The van der Waals surface area contributed by atoms with Gasteiger partial charge in [0, 0.05) is 46.9 Å². The monoisotopic (exact) mass is 1830 g/mol. The topological polar surface area (TPSA) is 619 Å². The summed E-state index contributed by atoms with van der Waals surface area (Å²) in [4.78, 5) is 158. The average Bonchev–Trinajstić information content (AvgIpc) is 0.766. The van der Waals surface area contributed by atoms with E-state index in [-0.39, 0.29) is 47.7 Å². The van der Waals surface area contributed by atoms with E-state index in [2.05, 4.69) is 52.6 Å². The fourth-order valence-corrected chi connectivity index (χ4v) is 15.4. The second kappa shape index (κ2) is 39.2. The molecule has 1 unspecified atom stereocenters. The minimum absolute atomic E-state index is 0.0207. The summed E-state index contributed by atoms with van der Waals surface area (Å²) in [6.45, 7) is 5.53. The Kier molecular flexibility index (Phi) is 28.9. The lowest BCUT2D eigenvalue weighted by Crippen LogP contribution is -2.65. The number of aliphatic hydroxyl groups is 6. The molecule has 40 nitrogen and oxygen atoms in total. The molecule has 682 valence electrons. The average molecular weight is 1830 g/mol. The number of anilines is 1. The predicted octanol–water partition coefficient (Wildman–Crippen LogP) is 1.64. The Balaban J connectivity index is 1.01. The zero-order valence-electron chi connectivity index (χ0n) is 68.0. The number of hydrazine groups is 1. The van der Waals surface area contributed by atoms with Crippen molar-refractivity contribution >= 4 is 93.9 Å². The number of likely N-dealkylation sites (N-methyl/N-ethyl adjacent to an activating group) is 1. The summed E-state index contributed by atoms with van der Waals surface area (Å²) in [5, 5.41) is 129. The summed E-state index contributed by atoms with van der Waals surface area (Å²) in [7, 11) is 1.45. The first-order valence-electron chi connectivity index (χ1n) is 39.3. The normalized spacial score (nSPS) is 25.6. The van der Waals surface area contributed by atoms with E-state index in [0.717, 1.165) is 91.0 Å². The molecule has 7 aliphatic heterocycles. The van der Waals surface area contributed by atoms with Gasteiger partial charge < -0.3 is 138 Å². The Morgan fingerprint density at radius 3 is 1.93 bits per heavy atom. The summed E-state index contributed by atoms with van der Waals surface area (Å²) in [6, 6.07) is 8.56. The lowest BCUT2D eigenvalue weighted by molar-refractivity contribution is -0.334. The summed E-state index contributed by atoms with van der Waals surface area (Å²) >= 11 is 14.3. The number of aliphatic hydroxyl groups excluding tert-OH is 6. The molecule has 0 radical (unpaired) electrons. The number of rotatable bonds is 19. The van der Waals surface area contributed by atoms with Crippen LogP contribution in [0.5, 0.6) is 51.7 Å². The Morgan fingerprint density at radius 1 is 0.680 bits per heavy atom. The third kappa shape index (κ3) is 21.6. The van der Waals surface area contributed by atoms with Gasteiger partial charge in [-0.05, 0) is 158 Å². The number of hydrogen-bond donors (Lipinski definition) is 22. The second-order valence-electron chi connectivity index (χ2n) is 31.2. The second-order valence-corrected chi connectivity index (χ2v) is 32.0. The number of carbonyl (C=O) groups is 11. The minimum atomic E-state index is -4.98. The van der Waals surface area contributed by atoms with Gasteiger partial charge in [0.1, 0.15) is 101 Å². The summed E-state index contributed by atoms with van der Waals surface area (Å²) in [6.07, 6.45) is -25.0. The maximum atomic E-state index is 16.3. The highest BCUT2D eigenvalue weighted by Gasteiger charge is 2.53. The Labute approximate surface area is 733 Å². The lowest BCUT2D eigenvalue weighted by atomic mass is 9.84. The number of phenolic OH excluding ortho intramolecular Hbond substituents is 3. The highest BCUT2D eigenvalue weighted by atomic mass is 35.5. The molecule has 0 saturated carbocycles. The van der Waals surface area contributed by atoms with Crippen molar-refractivity contribution in [2.75, 3.05) is 19.0 Å². The van der Waals surface area contributed by atoms with Crippen LogP contribution in [0.15, 0.2) is 127 Å². The summed E-state index contributed by atoms with van der Waals surface area (Å²) in [5.41, 5.74) is 10.4. The number of phenols is 3. The molecule has 7 aromatic carbocycles. The fraction of sp³-hybridized carbons (Fsp3) is 0.361. The van der Waals surface area contributed by atoms with E-state index < -0.39 is 283 Å². The van der Waals surface area contributed by atoms with Crippen LogP contribution in [0.1, 0.15) is 121 Å². The van der Waals surface area contributed by atoms with Gasteiger partial charge in [-0.3, -0.25) is 63.6 Å². The van der Waals surface area contributed by atoms with Gasteiger partial charge in [-0.1, -0.05) is 67.4 Å². The van der Waals surface area contributed by atoms with E-state index in [1.165, 1.54) is 26.1 Å². The van der Waals surface area contributed by atoms with Gasteiger partial charge in [0.15, 0.2) is 23.9 Å². The van der Waals surface area contributed by atoms with Crippen molar-refractivity contribution in [2.24, 2.45) is 17.4 Å². The van der Waals surface area contributed by atoms with Crippen molar-refractivity contribution in [3.8, 4) is 62.9 Å². The quantitative estimate of drug-likeness (QED) is 0.0404. The number of nitrogens with one attached hydrogen (secondary N) is 11. The van der Waals surface area contributed by atoms with E-state index >= 15 is 24.0 Å². The van der Waals surface area contributed by atoms with Crippen LogP contribution in [-0.2, 0) is 68.7 Å². The van der Waals surface area contributed by atoms with Crippen LogP contribution in [0.3, 0.4) is 0 Å². The van der Waals surface area contributed by atoms with Gasteiger partial charge >= 0.3 is 18.2 Å². The molecule has 2 saturated heterocycles. The van der Waals surface area contributed by atoms with Crippen molar-refractivity contribution in [3.05, 3.63) is 176 Å². The van der Waals surface area contributed by atoms with Crippen LogP contribution in [-0.4, -0.2) is 210 Å². The molecule has 11 bridgehead atoms. The van der Waals surface area contributed by atoms with Crippen LogP contribution in [0, 0.1) is 5.92 Å². The molecule has 18 atom stereocenters. The Bertz CT molecular complexity index is 5470. The molecule has 14 rings (SSSR count). The van der Waals surface area contributed by atoms with Gasteiger partial charge in [-0.25, -0.2) is 0 Å². The molecule has 7 aliphatic rings. The van der Waals surface area contributed by atoms with E-state index in [9.17, 15) is 87.9 Å². The molecule has 7 heterocycles. The molecule has 24 N–H and O–H groups in total. The van der Waals surface area contributed by atoms with E-state index in [1.54, 1.807) is 44.4 Å². The highest BCUT2D eigenvalue weighted by molar-refractivity contribution is 6.34. The van der Waals surface area contributed by atoms with Gasteiger partial charge in [0.05, 0.1) is 41.3 Å². The van der Waals surface area contributed by atoms with E-state index in [4.69, 9.17) is 63.1 Å². The number of nitrogens with two attached hydrogens (primary N) is 2. The van der Waals surface area contributed by atoms with Gasteiger partial charge in [0.25, 0.3) is 11.8 Å². The molecule has 2 fully saturated rings. The number of primary amides is 2. The van der Waals surface area contributed by atoms with Crippen LogP contribution in [0.4, 0.5) is 18.9 Å². The van der Waals surface area contributed by atoms with Crippen molar-refractivity contribution in [2.45, 2.75) is 169 Å². The van der Waals surface area contributed by atoms with Gasteiger partial charge in [-0.2, -0.15) is 0 Å². The van der Waals surface area contributed by atoms with Crippen molar-refractivity contribution < 1.29 is 145 Å². The molecule has 128 heavy (non-hydrogen) atoms. The Hall–Kier alpha value is -12.8. The number of amides is 11. The molecule has 0 aliphatic carbocycles. The van der Waals surface area contributed by atoms with E-state index in [1.807, 2.05) is 5.43 Å².